The fraction of sp³-hybridized carbons (Fsp3) is 0.386. The molecule has 0 bridgehead atoms. The largest absolute Gasteiger partial charge is 0.512 e. The van der Waals surface area contributed by atoms with Crippen molar-refractivity contribution in [3.8, 4) is 11.3 Å². The zero-order chi connectivity index (χ0) is 35.7. The Bertz CT molecular complexity index is 2180. The Hall–Kier alpha value is -3.86. The summed E-state index contributed by atoms with van der Waals surface area (Å²) in [5.41, 5.74) is 5.98. The van der Waals surface area contributed by atoms with Gasteiger partial charge in [0.05, 0.1) is 16.6 Å². The molecule has 0 amide bonds. The molecular formula is C44H52IrN3O2-. The summed E-state index contributed by atoms with van der Waals surface area (Å²) in [5, 5.41) is 16.1. The van der Waals surface area contributed by atoms with Gasteiger partial charge in [-0.25, -0.2) is 4.98 Å². The Labute approximate surface area is 311 Å². The molecule has 0 aliphatic heterocycles. The fourth-order valence-electron chi connectivity index (χ4n) is 6.56. The molecule has 6 aromatic rings. The number of carbonyl (C=O) groups excluding carboxylic acids is 1. The molecule has 265 valence electrons. The number of allylic oxidation sites excluding steroid dienone is 2. The van der Waals surface area contributed by atoms with Gasteiger partial charge in [0.25, 0.3) is 0 Å². The van der Waals surface area contributed by atoms with Crippen LogP contribution in [0.15, 0.2) is 84.9 Å². The molecule has 6 heteroatoms. The average Bonchev–Trinajstić information content (AvgIpc) is 3.42. The quantitative estimate of drug-likeness (QED) is 0.0941. The van der Waals surface area contributed by atoms with Gasteiger partial charge in [-0.05, 0) is 42.0 Å². The van der Waals surface area contributed by atoms with Crippen LogP contribution in [-0.4, -0.2) is 25.4 Å². The third-order valence-electron chi connectivity index (χ3n) is 11.2. The molecule has 0 spiro atoms. The molecule has 0 aliphatic carbocycles. The maximum atomic E-state index is 12.2. The van der Waals surface area contributed by atoms with Gasteiger partial charge >= 0.3 is 0 Å². The Morgan fingerprint density at radius 2 is 1.42 bits per heavy atom. The number of benzene rings is 4. The molecule has 0 aliphatic rings. The number of hydrogen-bond donors (Lipinski definition) is 1. The van der Waals surface area contributed by atoms with Crippen LogP contribution in [0.25, 0.3) is 54.7 Å². The first kappa shape index (κ1) is 38.9. The fourth-order valence-corrected chi connectivity index (χ4v) is 6.56. The minimum atomic E-state index is -0.337. The van der Waals surface area contributed by atoms with Gasteiger partial charge in [-0.3, -0.25) is 9.78 Å². The second kappa shape index (κ2) is 15.2. The van der Waals surface area contributed by atoms with Gasteiger partial charge in [0.2, 0.25) is 0 Å². The number of ketones is 1. The van der Waals surface area contributed by atoms with Crippen molar-refractivity contribution in [3.05, 3.63) is 96.5 Å². The molecule has 0 atom stereocenters. The van der Waals surface area contributed by atoms with Crippen molar-refractivity contribution in [3.63, 3.8) is 0 Å². The van der Waals surface area contributed by atoms with Crippen molar-refractivity contribution < 1.29 is 30.0 Å². The molecule has 50 heavy (non-hydrogen) atoms. The monoisotopic (exact) mass is 847 g/mol. The average molecular weight is 847 g/mol. The van der Waals surface area contributed by atoms with E-state index in [1.54, 1.807) is 6.33 Å². The predicted octanol–water partition coefficient (Wildman–Crippen LogP) is 11.8. The third kappa shape index (κ3) is 7.16. The summed E-state index contributed by atoms with van der Waals surface area (Å²) in [5.74, 6) is 0.286. The molecule has 4 aromatic carbocycles. The Morgan fingerprint density at radius 1 is 0.780 bits per heavy atom. The molecule has 0 saturated carbocycles. The van der Waals surface area contributed by atoms with E-state index < -0.39 is 0 Å². The Kier molecular flexibility index (Phi) is 11.8. The van der Waals surface area contributed by atoms with Crippen molar-refractivity contribution in [1.82, 2.24) is 14.5 Å². The first-order chi connectivity index (χ1) is 23.2. The van der Waals surface area contributed by atoms with Crippen molar-refractivity contribution in [1.29, 1.82) is 0 Å². The summed E-state index contributed by atoms with van der Waals surface area (Å²) in [6, 6.07) is 27.2. The molecule has 6 rings (SSSR count). The number of hydrogen-bond acceptors (Lipinski definition) is 4. The van der Waals surface area contributed by atoms with Crippen LogP contribution in [0.4, 0.5) is 0 Å². The second-order valence-electron chi connectivity index (χ2n) is 15.0. The molecule has 1 radical (unpaired) electrons. The van der Waals surface area contributed by atoms with Gasteiger partial charge < -0.3 is 9.67 Å². The van der Waals surface area contributed by atoms with Crippen LogP contribution in [0.2, 0.25) is 0 Å². The van der Waals surface area contributed by atoms with E-state index in [0.717, 1.165) is 58.7 Å². The van der Waals surface area contributed by atoms with Crippen molar-refractivity contribution in [2.24, 2.45) is 17.9 Å². The zero-order valence-corrected chi connectivity index (χ0v) is 33.8. The van der Waals surface area contributed by atoms with E-state index in [1.807, 2.05) is 47.6 Å². The molecule has 2 aromatic heterocycles. The molecule has 1 N–H and O–H groups in total. The van der Waals surface area contributed by atoms with Crippen LogP contribution in [0.1, 0.15) is 93.6 Å². The SMILES string of the molecule is CCC(C)(CC)C(=O)/C=C(\O)C(C)(CC)CC.Cn1c2c(-c3[c-]ccc4cc(C(C)(C)C)ccc34)ncnc2c2ccc3ccccc3c21.[Ir]. The van der Waals surface area contributed by atoms with Crippen LogP contribution in [0.3, 0.4) is 0 Å². The first-order valence-electron chi connectivity index (χ1n) is 17.7. The van der Waals surface area contributed by atoms with Crippen LogP contribution in [-0.2, 0) is 37.4 Å². The van der Waals surface area contributed by atoms with Gasteiger partial charge in [0.15, 0.2) is 5.78 Å². The molecule has 0 unspecified atom stereocenters. The van der Waals surface area contributed by atoms with Crippen molar-refractivity contribution in [2.45, 2.75) is 93.4 Å². The van der Waals surface area contributed by atoms with Gasteiger partial charge in [-0.1, -0.05) is 122 Å². The number of carbonyl (C=O) groups is 1. The van der Waals surface area contributed by atoms with E-state index in [9.17, 15) is 9.90 Å². The minimum absolute atomic E-state index is 0. The third-order valence-corrected chi connectivity index (χ3v) is 11.2. The van der Waals surface area contributed by atoms with Crippen molar-refractivity contribution in [2.75, 3.05) is 0 Å². The van der Waals surface area contributed by atoms with E-state index in [1.165, 1.54) is 33.3 Å². The normalized spacial score (nSPS) is 12.6. The zero-order valence-electron chi connectivity index (χ0n) is 31.4. The molecular weight excluding hydrogens is 795 g/mol. The van der Waals surface area contributed by atoms with E-state index >= 15 is 0 Å². The van der Waals surface area contributed by atoms with Crippen LogP contribution < -0.4 is 0 Å². The predicted molar refractivity (Wildman–Crippen MR) is 207 cm³/mol. The summed E-state index contributed by atoms with van der Waals surface area (Å²) < 4.78 is 2.25. The van der Waals surface area contributed by atoms with Gasteiger partial charge in [0, 0.05) is 60.5 Å². The summed E-state index contributed by atoms with van der Waals surface area (Å²) >= 11 is 0. The Morgan fingerprint density at radius 3 is 2.06 bits per heavy atom. The number of nitrogens with zero attached hydrogens (tertiary/aromatic N) is 3. The maximum absolute atomic E-state index is 12.2. The van der Waals surface area contributed by atoms with Gasteiger partial charge in [-0.2, -0.15) is 0 Å². The molecule has 5 nitrogen and oxygen atoms in total. The first-order valence-corrected chi connectivity index (χ1v) is 17.7. The van der Waals surface area contributed by atoms with Gasteiger partial charge in [0.1, 0.15) is 12.1 Å². The van der Waals surface area contributed by atoms with Crippen LogP contribution in [0, 0.1) is 16.9 Å². The topological polar surface area (TPSA) is 68.0 Å². The summed E-state index contributed by atoms with van der Waals surface area (Å²) in [7, 11) is 2.12. The number of aromatic nitrogens is 3. The van der Waals surface area contributed by atoms with E-state index in [-0.39, 0.29) is 47.9 Å². The van der Waals surface area contributed by atoms with Crippen molar-refractivity contribution >= 4 is 49.3 Å². The number of aryl methyl sites for hydroxylation is 1. The molecule has 2 heterocycles. The van der Waals surface area contributed by atoms with E-state index in [2.05, 4.69) is 99.1 Å². The number of aliphatic hydroxyl groups is 1. The van der Waals surface area contributed by atoms with Gasteiger partial charge in [-0.15, -0.1) is 29.1 Å². The maximum Gasteiger partial charge on any atom is 0.164 e. The number of aliphatic hydroxyl groups excluding tert-OH is 1. The summed E-state index contributed by atoms with van der Waals surface area (Å²) in [6.45, 7) is 18.8. The number of fused-ring (bicyclic) bond motifs is 6. The van der Waals surface area contributed by atoms with E-state index in [0.29, 0.717) is 0 Å². The minimum Gasteiger partial charge on any atom is -0.512 e. The standard InChI is InChI=1S/C29H24N3.C15H28O2.Ir/c1-29(2,3)20-13-15-21-19(16-20)9-7-11-23(21)25-28-26(31-17-30-25)24-14-12-18-8-5-6-10-22(18)27(24)32(28)4;1-7-14(5,8-2)12(16)11-13(17)15(6,9-3)10-4;/h5-10,12-17H,1-4H3;11,16H,7-10H2,1-6H3;/q-1;;/b;12-11-;. The molecule has 0 fully saturated rings. The Balaban J connectivity index is 0.000000269. The summed E-state index contributed by atoms with van der Waals surface area (Å²) in [4.78, 5) is 21.7. The molecule has 0 saturated heterocycles. The smallest absolute Gasteiger partial charge is 0.164 e. The number of rotatable bonds is 8. The van der Waals surface area contributed by atoms with E-state index in [4.69, 9.17) is 9.97 Å². The van der Waals surface area contributed by atoms with Crippen LogP contribution in [0.5, 0.6) is 0 Å². The second-order valence-corrected chi connectivity index (χ2v) is 15.0. The van der Waals surface area contributed by atoms with Crippen LogP contribution >= 0.6 is 0 Å². The summed E-state index contributed by atoms with van der Waals surface area (Å²) in [6.07, 6.45) is 6.44.